The first-order valence-corrected chi connectivity index (χ1v) is 15.9. The standard InChI is InChI=1S/C24H28ClN5O9P2/c1-2-3-4-20-29-22-23(17-9-14(12-27-21(31)11-25)5-7-18(17)28-24(22)26)30(20)13-15-10-16(38-40(32,33)34)6-8-19(15)39-41(35,36)37/h5-10H,2-4,11-13H2,1H3,(H2,26,28)(H,27,31)(H2,32,33,34)(H2,35,36,37). The molecule has 0 saturated carbocycles. The van der Waals surface area contributed by atoms with Crippen LogP contribution in [-0.4, -0.2) is 45.9 Å². The van der Waals surface area contributed by atoms with E-state index in [0.717, 1.165) is 30.5 Å². The second-order valence-corrected chi connectivity index (χ2v) is 11.7. The lowest BCUT2D eigenvalue weighted by molar-refractivity contribution is -0.118. The summed E-state index contributed by atoms with van der Waals surface area (Å²) in [6.45, 7) is 2.12. The minimum Gasteiger partial charge on any atom is -0.404 e. The Hall–Kier alpha value is -3.22. The van der Waals surface area contributed by atoms with Crippen molar-refractivity contribution in [3.63, 3.8) is 0 Å². The lowest BCUT2D eigenvalue weighted by Crippen LogP contribution is -2.23. The molecule has 4 aromatic rings. The van der Waals surface area contributed by atoms with E-state index in [-0.39, 0.29) is 47.8 Å². The van der Waals surface area contributed by atoms with Gasteiger partial charge in [0.1, 0.15) is 28.7 Å². The average molecular weight is 628 g/mol. The number of carbonyl (C=O) groups excluding carboxylic acids is 1. The lowest BCUT2D eigenvalue weighted by atomic mass is 10.1. The third kappa shape index (κ3) is 7.75. The van der Waals surface area contributed by atoms with Gasteiger partial charge in [0, 0.05) is 23.9 Å². The Labute approximate surface area is 238 Å². The summed E-state index contributed by atoms with van der Waals surface area (Å²) < 4.78 is 34.6. The highest BCUT2D eigenvalue weighted by Crippen LogP contribution is 2.43. The highest BCUT2D eigenvalue weighted by Gasteiger charge is 2.24. The predicted octanol–water partition coefficient (Wildman–Crippen LogP) is 3.36. The molecule has 0 fully saturated rings. The number of nitrogens with one attached hydrogen (secondary N) is 1. The van der Waals surface area contributed by atoms with Gasteiger partial charge in [0.05, 0.1) is 17.6 Å². The summed E-state index contributed by atoms with van der Waals surface area (Å²) in [5.41, 5.74) is 8.68. The number of imidazole rings is 1. The van der Waals surface area contributed by atoms with Gasteiger partial charge < -0.3 is 24.7 Å². The summed E-state index contributed by atoms with van der Waals surface area (Å²) in [6.07, 6.45) is 2.13. The molecule has 7 N–H and O–H groups in total. The maximum Gasteiger partial charge on any atom is 0.524 e. The Bertz CT molecular complexity index is 1700. The molecule has 14 nitrogen and oxygen atoms in total. The van der Waals surface area contributed by atoms with Crippen LogP contribution in [0.2, 0.25) is 0 Å². The topological polar surface area (TPSA) is 219 Å². The van der Waals surface area contributed by atoms with Crippen molar-refractivity contribution in [2.75, 3.05) is 11.6 Å². The van der Waals surface area contributed by atoms with Crippen molar-refractivity contribution < 1.29 is 42.5 Å². The van der Waals surface area contributed by atoms with Gasteiger partial charge in [-0.15, -0.1) is 11.6 Å². The van der Waals surface area contributed by atoms with Gasteiger partial charge >= 0.3 is 15.6 Å². The number of rotatable bonds is 12. The van der Waals surface area contributed by atoms with E-state index in [2.05, 4.69) is 10.3 Å². The molecule has 0 unspecified atom stereocenters. The highest BCUT2D eigenvalue weighted by molar-refractivity contribution is 7.47. The number of fused-ring (bicyclic) bond motifs is 3. The van der Waals surface area contributed by atoms with Crippen molar-refractivity contribution in [2.24, 2.45) is 0 Å². The van der Waals surface area contributed by atoms with Gasteiger partial charge in [0.15, 0.2) is 5.82 Å². The number of hydrogen-bond donors (Lipinski definition) is 6. The summed E-state index contributed by atoms with van der Waals surface area (Å²) in [5.74, 6) is -0.239. The van der Waals surface area contributed by atoms with Crippen molar-refractivity contribution in [1.82, 2.24) is 19.9 Å². The first-order chi connectivity index (χ1) is 19.3. The van der Waals surface area contributed by atoms with E-state index < -0.39 is 15.6 Å². The Morgan fingerprint density at radius 3 is 2.46 bits per heavy atom. The molecule has 2 aromatic heterocycles. The van der Waals surface area contributed by atoms with Crippen molar-refractivity contribution in [3.8, 4) is 11.5 Å². The molecule has 0 aliphatic heterocycles. The Kier molecular flexibility index (Phi) is 9.25. The van der Waals surface area contributed by atoms with E-state index in [1.807, 2.05) is 13.0 Å². The van der Waals surface area contributed by atoms with Crippen LogP contribution in [0.1, 0.15) is 36.7 Å². The van der Waals surface area contributed by atoms with Gasteiger partial charge in [-0.05, 0) is 42.3 Å². The van der Waals surface area contributed by atoms with E-state index in [1.165, 1.54) is 6.07 Å². The summed E-state index contributed by atoms with van der Waals surface area (Å²) in [6, 6.07) is 8.84. The van der Waals surface area contributed by atoms with Gasteiger partial charge in [0.25, 0.3) is 0 Å². The van der Waals surface area contributed by atoms with Gasteiger partial charge in [-0.3, -0.25) is 24.4 Å². The number of phosphoric acid groups is 2. The number of aryl methyl sites for hydroxylation is 1. The first kappa shape index (κ1) is 30.7. The molecule has 41 heavy (non-hydrogen) atoms. The number of hydrogen-bond acceptors (Lipinski definition) is 8. The lowest BCUT2D eigenvalue weighted by Gasteiger charge is -2.17. The molecule has 2 aromatic carbocycles. The van der Waals surface area contributed by atoms with E-state index in [0.29, 0.717) is 34.2 Å². The maximum atomic E-state index is 11.7. The average Bonchev–Trinajstić information content (AvgIpc) is 3.25. The number of pyridine rings is 1. The number of amides is 1. The van der Waals surface area contributed by atoms with Crippen LogP contribution >= 0.6 is 27.2 Å². The molecule has 17 heteroatoms. The normalized spacial score (nSPS) is 12.1. The zero-order valence-corrected chi connectivity index (χ0v) is 24.3. The van der Waals surface area contributed by atoms with Crippen LogP contribution in [0.15, 0.2) is 36.4 Å². The molecule has 0 aliphatic carbocycles. The van der Waals surface area contributed by atoms with E-state index in [1.54, 1.807) is 16.7 Å². The third-order valence-corrected chi connectivity index (χ3v) is 7.14. The highest BCUT2D eigenvalue weighted by atomic mass is 35.5. The fourth-order valence-electron chi connectivity index (χ4n) is 4.32. The first-order valence-electron chi connectivity index (χ1n) is 12.3. The molecular weight excluding hydrogens is 600 g/mol. The molecule has 0 radical (unpaired) electrons. The SMILES string of the molecule is CCCCc1nc2c(N)nc3ccc(CNC(=O)CCl)cc3c2n1Cc1cc(OP(=O)(O)O)ccc1OP(=O)(O)O. The minimum atomic E-state index is -5.00. The Morgan fingerprint density at radius 1 is 1.07 bits per heavy atom. The molecule has 0 bridgehead atoms. The van der Waals surface area contributed by atoms with Crippen LogP contribution in [-0.2, 0) is 33.4 Å². The predicted molar refractivity (Wildman–Crippen MR) is 152 cm³/mol. The number of phosphoric ester groups is 2. The van der Waals surface area contributed by atoms with Crippen LogP contribution in [0, 0.1) is 0 Å². The number of nitrogens with two attached hydrogens (primary N) is 1. The molecule has 0 spiro atoms. The fraction of sp³-hybridized carbons (Fsp3) is 0.292. The van der Waals surface area contributed by atoms with Gasteiger partial charge in [-0.2, -0.15) is 0 Å². The number of nitrogen functional groups attached to an aromatic ring is 1. The molecule has 0 saturated heterocycles. The zero-order valence-electron chi connectivity index (χ0n) is 21.7. The number of halogens is 1. The van der Waals surface area contributed by atoms with Crippen LogP contribution in [0.3, 0.4) is 0 Å². The summed E-state index contributed by atoms with van der Waals surface area (Å²) in [5, 5.41) is 3.35. The number of aromatic nitrogens is 3. The van der Waals surface area contributed by atoms with E-state index >= 15 is 0 Å². The van der Waals surface area contributed by atoms with Gasteiger partial charge in [-0.25, -0.2) is 19.1 Å². The molecular formula is C24H28ClN5O9P2. The van der Waals surface area contributed by atoms with E-state index in [4.69, 9.17) is 31.4 Å². The molecule has 1 amide bonds. The van der Waals surface area contributed by atoms with Gasteiger partial charge in [-0.1, -0.05) is 19.4 Å². The summed E-state index contributed by atoms with van der Waals surface area (Å²) in [4.78, 5) is 58.5. The zero-order chi connectivity index (χ0) is 29.9. The van der Waals surface area contributed by atoms with Crippen LogP contribution < -0.4 is 20.1 Å². The molecule has 0 aliphatic rings. The quantitative estimate of drug-likeness (QED) is 0.0983. The molecule has 0 atom stereocenters. The maximum absolute atomic E-state index is 11.7. The van der Waals surface area contributed by atoms with Gasteiger partial charge in [0.2, 0.25) is 5.91 Å². The smallest absolute Gasteiger partial charge is 0.404 e. The van der Waals surface area contributed by atoms with Crippen molar-refractivity contribution in [1.29, 1.82) is 0 Å². The number of benzene rings is 2. The van der Waals surface area contributed by atoms with Crippen molar-refractivity contribution >= 4 is 60.9 Å². The number of carbonyl (C=O) groups is 1. The number of alkyl halides is 1. The minimum absolute atomic E-state index is 0.0883. The monoisotopic (exact) mass is 627 g/mol. The molecule has 220 valence electrons. The van der Waals surface area contributed by atoms with Crippen molar-refractivity contribution in [2.45, 2.75) is 39.3 Å². The molecule has 2 heterocycles. The Morgan fingerprint density at radius 2 is 1.80 bits per heavy atom. The summed E-state index contributed by atoms with van der Waals surface area (Å²) in [7, 11) is -9.94. The number of nitrogens with zero attached hydrogens (tertiary/aromatic N) is 3. The van der Waals surface area contributed by atoms with Crippen molar-refractivity contribution in [3.05, 3.63) is 53.3 Å². The number of unbranched alkanes of at least 4 members (excludes halogenated alkanes) is 1. The summed E-state index contributed by atoms with van der Waals surface area (Å²) >= 11 is 5.59. The van der Waals surface area contributed by atoms with E-state index in [9.17, 15) is 33.5 Å². The second-order valence-electron chi connectivity index (χ2n) is 9.11. The second kappa shape index (κ2) is 12.3. The largest absolute Gasteiger partial charge is 0.524 e. The van der Waals surface area contributed by atoms with Crippen LogP contribution in [0.5, 0.6) is 11.5 Å². The Balaban J connectivity index is 1.93. The van der Waals surface area contributed by atoms with Crippen LogP contribution in [0.25, 0.3) is 21.9 Å². The third-order valence-electron chi connectivity index (χ3n) is 6.01. The molecule has 4 rings (SSSR count). The van der Waals surface area contributed by atoms with Crippen LogP contribution in [0.4, 0.5) is 5.82 Å². The fourth-order valence-corrected chi connectivity index (χ4v) is 5.24. The number of anilines is 1.